The highest BCUT2D eigenvalue weighted by Crippen LogP contribution is 2.32. The molecule has 0 saturated heterocycles. The molecule has 0 heterocycles. The van der Waals surface area contributed by atoms with Crippen molar-refractivity contribution >= 4 is 15.9 Å². The molecule has 1 unspecified atom stereocenters. The van der Waals surface area contributed by atoms with Gasteiger partial charge in [-0.2, -0.15) is 0 Å². The van der Waals surface area contributed by atoms with Gasteiger partial charge in [-0.25, -0.2) is 4.39 Å². The van der Waals surface area contributed by atoms with Gasteiger partial charge in [0.25, 0.3) is 0 Å². The number of hydrogen-bond acceptors (Lipinski definition) is 1. The third-order valence-electron chi connectivity index (χ3n) is 3.26. The van der Waals surface area contributed by atoms with Gasteiger partial charge in [-0.3, -0.25) is 0 Å². The summed E-state index contributed by atoms with van der Waals surface area (Å²) in [4.78, 5) is 0. The van der Waals surface area contributed by atoms with Gasteiger partial charge in [0, 0.05) is 4.47 Å². The van der Waals surface area contributed by atoms with Crippen LogP contribution >= 0.6 is 15.9 Å². The fraction of sp³-hybridized carbons (Fsp3) is 0.467. The summed E-state index contributed by atoms with van der Waals surface area (Å²) < 4.78 is 14.3. The summed E-state index contributed by atoms with van der Waals surface area (Å²) in [6.07, 6.45) is 6.87. The van der Waals surface area contributed by atoms with Gasteiger partial charge in [0.2, 0.25) is 0 Å². The first-order chi connectivity index (χ1) is 8.70. The lowest BCUT2D eigenvalue weighted by Gasteiger charge is -2.21. The minimum atomic E-state index is -0.179. The van der Waals surface area contributed by atoms with Crippen LogP contribution in [0.5, 0.6) is 0 Å². The van der Waals surface area contributed by atoms with E-state index in [1.54, 1.807) is 6.07 Å². The lowest BCUT2D eigenvalue weighted by molar-refractivity contribution is 0.569. The van der Waals surface area contributed by atoms with E-state index < -0.39 is 0 Å². The van der Waals surface area contributed by atoms with E-state index in [9.17, 15) is 4.39 Å². The van der Waals surface area contributed by atoms with E-state index in [1.807, 2.05) is 6.07 Å². The molecular weight excluding hydrogens is 293 g/mol. The van der Waals surface area contributed by atoms with E-state index in [4.69, 9.17) is 0 Å². The van der Waals surface area contributed by atoms with Crippen LogP contribution in [-0.2, 0) is 0 Å². The molecule has 0 spiro atoms. The molecule has 1 N–H and O–H groups in total. The summed E-state index contributed by atoms with van der Waals surface area (Å²) >= 11 is 3.37. The molecule has 1 aromatic rings. The van der Waals surface area contributed by atoms with Crippen molar-refractivity contribution in [3.05, 3.63) is 45.7 Å². The molecule has 0 bridgehead atoms. The zero-order valence-electron chi connectivity index (χ0n) is 10.7. The molecule has 18 heavy (non-hydrogen) atoms. The maximum absolute atomic E-state index is 13.5. The second kappa shape index (κ2) is 6.48. The topological polar surface area (TPSA) is 12.0 Å². The normalized spacial score (nSPS) is 16.7. The van der Waals surface area contributed by atoms with Crippen LogP contribution in [0.4, 0.5) is 4.39 Å². The zero-order valence-corrected chi connectivity index (χ0v) is 12.3. The Bertz CT molecular complexity index is 422. The Morgan fingerprint density at radius 3 is 2.83 bits per heavy atom. The monoisotopic (exact) mass is 311 g/mol. The van der Waals surface area contributed by atoms with E-state index in [2.05, 4.69) is 34.2 Å². The molecule has 0 aliphatic heterocycles. The molecule has 0 amide bonds. The highest BCUT2D eigenvalue weighted by molar-refractivity contribution is 9.10. The minimum absolute atomic E-state index is 0.166. The Labute approximate surface area is 117 Å². The highest BCUT2D eigenvalue weighted by atomic mass is 79.9. The molecule has 0 aromatic heterocycles. The Morgan fingerprint density at radius 1 is 1.39 bits per heavy atom. The summed E-state index contributed by atoms with van der Waals surface area (Å²) in [5.74, 6) is -0.179. The molecule has 3 heteroatoms. The SMILES string of the molecule is CCCNC(C1=CCCC1)c1cc(F)cc(Br)c1. The fourth-order valence-electron chi connectivity index (χ4n) is 2.45. The lowest BCUT2D eigenvalue weighted by atomic mass is 9.98. The molecule has 98 valence electrons. The quantitative estimate of drug-likeness (QED) is 0.774. The van der Waals surface area contributed by atoms with Crippen LogP contribution in [0.25, 0.3) is 0 Å². The van der Waals surface area contributed by atoms with Crippen molar-refractivity contribution in [3.63, 3.8) is 0 Å². The summed E-state index contributed by atoms with van der Waals surface area (Å²) in [5, 5.41) is 3.53. The van der Waals surface area contributed by atoms with Crippen molar-refractivity contribution in [2.75, 3.05) is 6.54 Å². The first-order valence-corrected chi connectivity index (χ1v) is 7.38. The molecule has 1 atom stereocenters. The molecule has 1 aromatic carbocycles. The van der Waals surface area contributed by atoms with Gasteiger partial charge >= 0.3 is 0 Å². The van der Waals surface area contributed by atoms with Gasteiger partial charge in [-0.15, -0.1) is 0 Å². The first kappa shape index (κ1) is 13.8. The second-order valence-corrected chi connectivity index (χ2v) is 5.68. The Balaban J connectivity index is 2.26. The molecule has 0 radical (unpaired) electrons. The van der Waals surface area contributed by atoms with Crippen LogP contribution < -0.4 is 5.32 Å². The molecule has 1 aliphatic carbocycles. The fourth-order valence-corrected chi connectivity index (χ4v) is 2.93. The Morgan fingerprint density at radius 2 is 2.22 bits per heavy atom. The molecule has 1 aliphatic rings. The molecule has 2 rings (SSSR count). The standard InChI is InChI=1S/C15H19BrFN/c1-2-7-18-15(11-5-3-4-6-11)12-8-13(16)10-14(17)9-12/h5,8-10,15,18H,2-4,6-7H2,1H3. The van der Waals surface area contributed by atoms with Crippen LogP contribution in [0.3, 0.4) is 0 Å². The average Bonchev–Trinajstić information content (AvgIpc) is 2.82. The molecule has 0 fully saturated rings. The summed E-state index contributed by atoms with van der Waals surface area (Å²) in [6, 6.07) is 5.32. The number of allylic oxidation sites excluding steroid dienone is 1. The number of rotatable bonds is 5. The minimum Gasteiger partial charge on any atom is -0.307 e. The van der Waals surface area contributed by atoms with Crippen LogP contribution in [0, 0.1) is 5.82 Å². The molecular formula is C15H19BrFN. The van der Waals surface area contributed by atoms with Crippen molar-refractivity contribution in [2.45, 2.75) is 38.6 Å². The van der Waals surface area contributed by atoms with Crippen molar-refractivity contribution in [2.24, 2.45) is 0 Å². The van der Waals surface area contributed by atoms with Gasteiger partial charge in [0.15, 0.2) is 0 Å². The van der Waals surface area contributed by atoms with E-state index in [1.165, 1.54) is 18.1 Å². The van der Waals surface area contributed by atoms with Crippen molar-refractivity contribution in [1.29, 1.82) is 0 Å². The predicted octanol–water partition coefficient (Wildman–Crippen LogP) is 4.74. The van der Waals surface area contributed by atoms with Crippen LogP contribution in [-0.4, -0.2) is 6.54 Å². The van der Waals surface area contributed by atoms with Crippen molar-refractivity contribution < 1.29 is 4.39 Å². The largest absolute Gasteiger partial charge is 0.307 e. The summed E-state index contributed by atoms with van der Waals surface area (Å²) in [5.41, 5.74) is 2.42. The van der Waals surface area contributed by atoms with Crippen molar-refractivity contribution in [3.8, 4) is 0 Å². The van der Waals surface area contributed by atoms with E-state index >= 15 is 0 Å². The average molecular weight is 312 g/mol. The van der Waals surface area contributed by atoms with Crippen LogP contribution in [0.2, 0.25) is 0 Å². The summed E-state index contributed by atoms with van der Waals surface area (Å²) in [7, 11) is 0. The number of nitrogens with one attached hydrogen (secondary N) is 1. The predicted molar refractivity (Wildman–Crippen MR) is 77.1 cm³/mol. The smallest absolute Gasteiger partial charge is 0.124 e. The maximum atomic E-state index is 13.5. The van der Waals surface area contributed by atoms with Gasteiger partial charge in [-0.05, 0) is 56.0 Å². The Kier molecular flexibility index (Phi) is 4.95. The van der Waals surface area contributed by atoms with Crippen LogP contribution in [0.1, 0.15) is 44.2 Å². The van der Waals surface area contributed by atoms with E-state index in [0.717, 1.165) is 35.8 Å². The Hall–Kier alpha value is -0.670. The van der Waals surface area contributed by atoms with Gasteiger partial charge in [-0.1, -0.05) is 34.5 Å². The van der Waals surface area contributed by atoms with Gasteiger partial charge in [0.05, 0.1) is 6.04 Å². The third-order valence-corrected chi connectivity index (χ3v) is 3.72. The summed E-state index contributed by atoms with van der Waals surface area (Å²) in [6.45, 7) is 3.10. The van der Waals surface area contributed by atoms with Crippen LogP contribution in [0.15, 0.2) is 34.3 Å². The number of hydrogen-bond donors (Lipinski definition) is 1. The van der Waals surface area contributed by atoms with Crippen molar-refractivity contribution in [1.82, 2.24) is 5.32 Å². The second-order valence-electron chi connectivity index (χ2n) is 4.76. The number of benzene rings is 1. The number of halogens is 2. The lowest BCUT2D eigenvalue weighted by Crippen LogP contribution is -2.23. The molecule has 1 nitrogen and oxygen atoms in total. The van der Waals surface area contributed by atoms with Gasteiger partial charge in [0.1, 0.15) is 5.82 Å². The van der Waals surface area contributed by atoms with E-state index in [0.29, 0.717) is 0 Å². The third kappa shape index (κ3) is 3.42. The highest BCUT2D eigenvalue weighted by Gasteiger charge is 2.19. The maximum Gasteiger partial charge on any atom is 0.124 e. The first-order valence-electron chi connectivity index (χ1n) is 6.59. The van der Waals surface area contributed by atoms with Gasteiger partial charge < -0.3 is 5.32 Å². The molecule has 0 saturated carbocycles. The van der Waals surface area contributed by atoms with E-state index in [-0.39, 0.29) is 11.9 Å². The zero-order chi connectivity index (χ0) is 13.0.